The lowest BCUT2D eigenvalue weighted by Gasteiger charge is -2.05. The molecule has 0 fully saturated rings. The molecule has 0 spiro atoms. The quantitative estimate of drug-likeness (QED) is 0.686. The molecule has 2 heterocycles. The van der Waals surface area contributed by atoms with Gasteiger partial charge >= 0.3 is 0 Å². The summed E-state index contributed by atoms with van der Waals surface area (Å²) < 4.78 is 0. The van der Waals surface area contributed by atoms with Gasteiger partial charge in [0.1, 0.15) is 5.69 Å². The van der Waals surface area contributed by atoms with Crippen molar-refractivity contribution < 1.29 is 4.79 Å². The number of para-hydroxylation sites is 1. The number of pyridine rings is 1. The van der Waals surface area contributed by atoms with Crippen LogP contribution in [-0.4, -0.2) is 21.1 Å². The van der Waals surface area contributed by atoms with E-state index >= 15 is 0 Å². The molecule has 1 aromatic carbocycles. The number of benzene rings is 1. The molecule has 3 rings (SSSR count). The number of nitrogens with zero attached hydrogens (tertiary/aromatic N) is 2. The molecule has 0 radical (unpaired) electrons. The Bertz CT molecular complexity index is 809. The van der Waals surface area contributed by atoms with E-state index in [1.165, 1.54) is 0 Å². The minimum atomic E-state index is -0.332. The van der Waals surface area contributed by atoms with Crippen LogP contribution < -0.4 is 11.1 Å². The summed E-state index contributed by atoms with van der Waals surface area (Å²) in [7, 11) is 0. The summed E-state index contributed by atoms with van der Waals surface area (Å²) in [6, 6.07) is 10.8. The van der Waals surface area contributed by atoms with E-state index in [0.29, 0.717) is 17.0 Å². The number of hydrogen-bond acceptors (Lipinski definition) is 4. The van der Waals surface area contributed by atoms with E-state index in [1.807, 2.05) is 31.2 Å². The monoisotopic (exact) mass is 281 g/mol. The molecule has 1 amide bonds. The third-order valence-electron chi connectivity index (χ3n) is 3.23. The number of nitrogen functional groups attached to an aromatic ring is 1. The molecule has 21 heavy (non-hydrogen) atoms. The van der Waals surface area contributed by atoms with Gasteiger partial charge in [-0.2, -0.15) is 5.10 Å². The highest BCUT2D eigenvalue weighted by Crippen LogP contribution is 2.20. The third-order valence-corrected chi connectivity index (χ3v) is 3.23. The molecule has 0 bridgehead atoms. The summed E-state index contributed by atoms with van der Waals surface area (Å²) in [4.78, 5) is 16.6. The molecule has 0 aliphatic carbocycles. The Morgan fingerprint density at radius 2 is 2.14 bits per heavy atom. The highest BCUT2D eigenvalue weighted by atomic mass is 16.1. The van der Waals surface area contributed by atoms with Crippen LogP contribution in [0.3, 0.4) is 0 Å². The topological polar surface area (TPSA) is 96.7 Å². The summed E-state index contributed by atoms with van der Waals surface area (Å²) in [5, 5.41) is 10.4. The molecule has 6 nitrogen and oxygen atoms in total. The molecule has 0 aliphatic rings. The van der Waals surface area contributed by atoms with Crippen molar-refractivity contribution in [2.75, 3.05) is 11.1 Å². The van der Waals surface area contributed by atoms with Crippen LogP contribution in [0.5, 0.6) is 0 Å². The minimum Gasteiger partial charge on any atom is -0.398 e. The standard InChI is InChI=1S/C15H15N5O/c1-2-9-7-14(20-19-9)18-15(21)13-8-11(16)10-5-3-4-6-12(10)17-13/h3-8H,2H2,1H3,(H2,16,17)(H2,18,19,20,21). The minimum absolute atomic E-state index is 0.271. The maximum Gasteiger partial charge on any atom is 0.275 e. The smallest absolute Gasteiger partial charge is 0.275 e. The number of rotatable bonds is 3. The van der Waals surface area contributed by atoms with Crippen LogP contribution in [0.15, 0.2) is 36.4 Å². The zero-order valence-electron chi connectivity index (χ0n) is 11.6. The molecule has 2 aromatic heterocycles. The van der Waals surface area contributed by atoms with Crippen LogP contribution in [0, 0.1) is 0 Å². The van der Waals surface area contributed by atoms with Gasteiger partial charge in [0.25, 0.3) is 5.91 Å². The number of carbonyl (C=O) groups is 1. The van der Waals surface area contributed by atoms with E-state index in [-0.39, 0.29) is 11.6 Å². The van der Waals surface area contributed by atoms with Crippen molar-refractivity contribution in [3.63, 3.8) is 0 Å². The SMILES string of the molecule is CCc1cc(NC(=O)c2cc(N)c3ccccc3n2)n[nH]1. The Kier molecular flexibility index (Phi) is 3.27. The van der Waals surface area contributed by atoms with E-state index < -0.39 is 0 Å². The van der Waals surface area contributed by atoms with Crippen molar-refractivity contribution in [3.05, 3.63) is 47.8 Å². The van der Waals surface area contributed by atoms with E-state index in [0.717, 1.165) is 17.5 Å². The molecule has 4 N–H and O–H groups in total. The van der Waals surface area contributed by atoms with Gasteiger partial charge in [-0.3, -0.25) is 9.89 Å². The highest BCUT2D eigenvalue weighted by Gasteiger charge is 2.12. The number of aromatic nitrogens is 3. The zero-order chi connectivity index (χ0) is 14.8. The fourth-order valence-corrected chi connectivity index (χ4v) is 2.11. The number of nitrogens with one attached hydrogen (secondary N) is 2. The fourth-order valence-electron chi connectivity index (χ4n) is 2.11. The molecule has 0 saturated carbocycles. The number of hydrogen-bond donors (Lipinski definition) is 3. The van der Waals surface area contributed by atoms with Crippen LogP contribution in [0.4, 0.5) is 11.5 Å². The fraction of sp³-hybridized carbons (Fsp3) is 0.133. The van der Waals surface area contributed by atoms with Crippen molar-refractivity contribution in [1.82, 2.24) is 15.2 Å². The first-order valence-corrected chi connectivity index (χ1v) is 6.68. The molecule has 0 unspecified atom stereocenters. The summed E-state index contributed by atoms with van der Waals surface area (Å²) in [5.41, 5.74) is 8.42. The van der Waals surface area contributed by atoms with Gasteiger partial charge in [-0.05, 0) is 18.6 Å². The lowest BCUT2D eigenvalue weighted by atomic mass is 10.1. The van der Waals surface area contributed by atoms with Crippen LogP contribution in [0.25, 0.3) is 10.9 Å². The number of nitrogens with two attached hydrogens (primary N) is 1. The van der Waals surface area contributed by atoms with Gasteiger partial charge in [-0.15, -0.1) is 0 Å². The van der Waals surface area contributed by atoms with Gasteiger partial charge in [-0.1, -0.05) is 25.1 Å². The summed E-state index contributed by atoms with van der Waals surface area (Å²) >= 11 is 0. The van der Waals surface area contributed by atoms with Crippen LogP contribution in [-0.2, 0) is 6.42 Å². The van der Waals surface area contributed by atoms with E-state index in [2.05, 4.69) is 20.5 Å². The molecular formula is C15H15N5O. The summed E-state index contributed by atoms with van der Waals surface area (Å²) in [5.74, 6) is 0.145. The third kappa shape index (κ3) is 2.55. The Morgan fingerprint density at radius 3 is 2.90 bits per heavy atom. The molecule has 6 heteroatoms. The number of H-pyrrole nitrogens is 1. The Balaban J connectivity index is 1.90. The summed E-state index contributed by atoms with van der Waals surface area (Å²) in [6.45, 7) is 2.00. The molecule has 106 valence electrons. The second kappa shape index (κ2) is 5.24. The van der Waals surface area contributed by atoms with Crippen molar-refractivity contribution in [1.29, 1.82) is 0 Å². The Morgan fingerprint density at radius 1 is 1.33 bits per heavy atom. The predicted octanol–water partition coefficient (Wildman–Crippen LogP) is 2.35. The number of amides is 1. The van der Waals surface area contributed by atoms with Gasteiger partial charge in [0.05, 0.1) is 5.52 Å². The Labute approximate surface area is 121 Å². The maximum absolute atomic E-state index is 12.2. The first-order valence-electron chi connectivity index (χ1n) is 6.68. The highest BCUT2D eigenvalue weighted by molar-refractivity contribution is 6.05. The van der Waals surface area contributed by atoms with E-state index in [4.69, 9.17) is 5.73 Å². The van der Waals surface area contributed by atoms with Crippen molar-refractivity contribution in [3.8, 4) is 0 Å². The summed E-state index contributed by atoms with van der Waals surface area (Å²) in [6.07, 6.45) is 0.823. The second-order valence-electron chi connectivity index (χ2n) is 4.70. The van der Waals surface area contributed by atoms with Gasteiger partial charge in [0.2, 0.25) is 0 Å². The maximum atomic E-state index is 12.2. The van der Waals surface area contributed by atoms with Gasteiger partial charge in [0, 0.05) is 22.8 Å². The van der Waals surface area contributed by atoms with Crippen molar-refractivity contribution in [2.45, 2.75) is 13.3 Å². The lowest BCUT2D eigenvalue weighted by molar-refractivity contribution is 0.102. The molecular weight excluding hydrogens is 266 g/mol. The molecule has 0 saturated heterocycles. The number of aromatic amines is 1. The first kappa shape index (κ1) is 13.1. The van der Waals surface area contributed by atoms with Gasteiger partial charge in [0.15, 0.2) is 5.82 Å². The zero-order valence-corrected chi connectivity index (χ0v) is 11.6. The van der Waals surface area contributed by atoms with Crippen LogP contribution in [0.2, 0.25) is 0 Å². The van der Waals surface area contributed by atoms with Crippen molar-refractivity contribution >= 4 is 28.3 Å². The normalized spacial score (nSPS) is 10.7. The molecule has 0 aliphatic heterocycles. The Hall–Kier alpha value is -2.89. The predicted molar refractivity (Wildman–Crippen MR) is 82.1 cm³/mol. The number of carbonyl (C=O) groups excluding carboxylic acids is 1. The average Bonchev–Trinajstić information content (AvgIpc) is 2.95. The molecule has 3 aromatic rings. The number of aryl methyl sites for hydroxylation is 1. The lowest BCUT2D eigenvalue weighted by Crippen LogP contribution is -2.14. The van der Waals surface area contributed by atoms with Crippen LogP contribution in [0.1, 0.15) is 23.1 Å². The van der Waals surface area contributed by atoms with Crippen LogP contribution >= 0.6 is 0 Å². The molecule has 0 atom stereocenters. The van der Waals surface area contributed by atoms with Gasteiger partial charge < -0.3 is 11.1 Å². The number of fused-ring (bicyclic) bond motifs is 1. The average molecular weight is 281 g/mol. The second-order valence-corrected chi connectivity index (χ2v) is 4.70. The largest absolute Gasteiger partial charge is 0.398 e. The first-order chi connectivity index (χ1) is 10.2. The van der Waals surface area contributed by atoms with E-state index in [9.17, 15) is 4.79 Å². The van der Waals surface area contributed by atoms with E-state index in [1.54, 1.807) is 12.1 Å². The van der Waals surface area contributed by atoms with Crippen molar-refractivity contribution in [2.24, 2.45) is 0 Å². The number of anilines is 2. The van der Waals surface area contributed by atoms with Gasteiger partial charge in [-0.25, -0.2) is 4.98 Å².